The number of rotatable bonds is 5. The Kier molecular flexibility index (Phi) is 5.20. The number of carbonyl (C=O) groups excluding carboxylic acids is 2. The molecule has 2 saturated heterocycles. The van der Waals surface area contributed by atoms with E-state index in [1.54, 1.807) is 7.11 Å². The summed E-state index contributed by atoms with van der Waals surface area (Å²) in [5, 5.41) is 5.68. The van der Waals surface area contributed by atoms with E-state index < -0.39 is 6.04 Å². The normalized spacial score (nSPS) is 23.3. The molecule has 3 aromatic rings. The van der Waals surface area contributed by atoms with Crippen molar-refractivity contribution in [3.05, 3.63) is 77.9 Å². The molecule has 2 aliphatic heterocycles. The molecule has 5 heteroatoms. The Morgan fingerprint density at radius 1 is 0.903 bits per heavy atom. The SMILES string of the molecule is COc1ccccc1C[C@H]1CC[C@H]2C(=O)N(Cc3cccc4ccccc34)C(=O)[C@H]2N1. The minimum atomic E-state index is -0.434. The standard InChI is InChI=1S/C26H26N2O3/c1-31-23-12-5-3-8-18(23)15-20-13-14-22-24(27-20)26(30)28(25(22)29)16-19-10-6-9-17-7-2-4-11-21(17)19/h2-12,20,22,24,27H,13-16H2,1H3/t20-,22-,24+/m1/s1. The van der Waals surface area contributed by atoms with E-state index in [1.807, 2.05) is 48.5 Å². The van der Waals surface area contributed by atoms with Crippen LogP contribution in [-0.4, -0.2) is 35.9 Å². The summed E-state index contributed by atoms with van der Waals surface area (Å²) in [7, 11) is 1.67. The van der Waals surface area contributed by atoms with Crippen LogP contribution in [0.1, 0.15) is 24.0 Å². The fourth-order valence-electron chi connectivity index (χ4n) is 5.04. The van der Waals surface area contributed by atoms with E-state index in [0.717, 1.165) is 46.9 Å². The Balaban J connectivity index is 1.34. The zero-order valence-corrected chi connectivity index (χ0v) is 17.6. The lowest BCUT2D eigenvalue weighted by Gasteiger charge is -2.30. The number of hydrogen-bond acceptors (Lipinski definition) is 4. The van der Waals surface area contributed by atoms with E-state index in [9.17, 15) is 9.59 Å². The number of fused-ring (bicyclic) bond motifs is 2. The average Bonchev–Trinajstić information content (AvgIpc) is 3.04. The molecule has 31 heavy (non-hydrogen) atoms. The molecule has 0 aromatic heterocycles. The monoisotopic (exact) mass is 414 g/mol. The van der Waals surface area contributed by atoms with Crippen LogP contribution < -0.4 is 10.1 Å². The van der Waals surface area contributed by atoms with Gasteiger partial charge in [-0.2, -0.15) is 0 Å². The summed E-state index contributed by atoms with van der Waals surface area (Å²) < 4.78 is 5.47. The van der Waals surface area contributed by atoms with Crippen LogP contribution in [0.15, 0.2) is 66.7 Å². The number of ether oxygens (including phenoxy) is 1. The van der Waals surface area contributed by atoms with Crippen LogP contribution in [0.4, 0.5) is 0 Å². The van der Waals surface area contributed by atoms with E-state index in [0.29, 0.717) is 6.54 Å². The van der Waals surface area contributed by atoms with Crippen molar-refractivity contribution in [3.63, 3.8) is 0 Å². The van der Waals surface area contributed by atoms with Gasteiger partial charge in [-0.3, -0.25) is 14.5 Å². The van der Waals surface area contributed by atoms with Crippen LogP contribution in [0.2, 0.25) is 0 Å². The summed E-state index contributed by atoms with van der Waals surface area (Å²) in [6.45, 7) is 0.324. The van der Waals surface area contributed by atoms with E-state index >= 15 is 0 Å². The second-order valence-corrected chi connectivity index (χ2v) is 8.44. The summed E-state index contributed by atoms with van der Waals surface area (Å²) in [6, 6.07) is 21.8. The number of piperidine rings is 1. The zero-order valence-electron chi connectivity index (χ0n) is 17.6. The molecule has 2 heterocycles. The molecule has 0 saturated carbocycles. The molecule has 2 aliphatic rings. The fraction of sp³-hybridized carbons (Fsp3) is 0.308. The zero-order chi connectivity index (χ0) is 21.4. The predicted molar refractivity (Wildman–Crippen MR) is 120 cm³/mol. The van der Waals surface area contributed by atoms with Gasteiger partial charge in [0.15, 0.2) is 0 Å². The third-order valence-electron chi connectivity index (χ3n) is 6.63. The second kappa shape index (κ2) is 8.16. The first kappa shape index (κ1) is 19.8. The van der Waals surface area contributed by atoms with Crippen LogP contribution in [0, 0.1) is 5.92 Å². The number of hydrogen-bond donors (Lipinski definition) is 1. The fourth-order valence-corrected chi connectivity index (χ4v) is 5.04. The van der Waals surface area contributed by atoms with Gasteiger partial charge in [0, 0.05) is 6.04 Å². The molecule has 158 valence electrons. The number of benzene rings is 3. The minimum Gasteiger partial charge on any atom is -0.496 e. The summed E-state index contributed by atoms with van der Waals surface area (Å²) in [4.78, 5) is 27.8. The lowest BCUT2D eigenvalue weighted by Crippen LogP contribution is -2.50. The number of para-hydroxylation sites is 1. The highest BCUT2D eigenvalue weighted by atomic mass is 16.5. The molecule has 3 atom stereocenters. The van der Waals surface area contributed by atoms with Crippen molar-refractivity contribution in [2.75, 3.05) is 7.11 Å². The van der Waals surface area contributed by atoms with Gasteiger partial charge in [-0.25, -0.2) is 0 Å². The Morgan fingerprint density at radius 3 is 2.52 bits per heavy atom. The Labute approximate surface area is 182 Å². The molecule has 5 nitrogen and oxygen atoms in total. The molecule has 0 bridgehead atoms. The van der Waals surface area contributed by atoms with Crippen molar-refractivity contribution in [2.45, 2.75) is 37.9 Å². The lowest BCUT2D eigenvalue weighted by molar-refractivity contribution is -0.140. The van der Waals surface area contributed by atoms with E-state index in [-0.39, 0.29) is 23.8 Å². The highest BCUT2D eigenvalue weighted by Crippen LogP contribution is 2.33. The molecule has 0 spiro atoms. The van der Waals surface area contributed by atoms with Gasteiger partial charge >= 0.3 is 0 Å². The van der Waals surface area contributed by atoms with Crippen molar-refractivity contribution in [3.8, 4) is 5.75 Å². The van der Waals surface area contributed by atoms with Gasteiger partial charge in [0.2, 0.25) is 11.8 Å². The summed E-state index contributed by atoms with van der Waals surface area (Å²) in [6.07, 6.45) is 2.37. The van der Waals surface area contributed by atoms with Crippen LogP contribution in [0.5, 0.6) is 5.75 Å². The van der Waals surface area contributed by atoms with Gasteiger partial charge in [-0.15, -0.1) is 0 Å². The first-order valence-electron chi connectivity index (χ1n) is 10.9. The number of nitrogens with one attached hydrogen (secondary N) is 1. The van der Waals surface area contributed by atoms with Crippen LogP contribution in [0.25, 0.3) is 10.8 Å². The Morgan fingerprint density at radius 2 is 1.65 bits per heavy atom. The number of likely N-dealkylation sites (tertiary alicyclic amines) is 1. The van der Waals surface area contributed by atoms with Gasteiger partial charge in [0.1, 0.15) is 5.75 Å². The number of carbonyl (C=O) groups is 2. The topological polar surface area (TPSA) is 58.6 Å². The van der Waals surface area contributed by atoms with Crippen LogP contribution >= 0.6 is 0 Å². The van der Waals surface area contributed by atoms with Crippen molar-refractivity contribution in [1.82, 2.24) is 10.2 Å². The number of amides is 2. The third-order valence-corrected chi connectivity index (χ3v) is 6.63. The molecule has 0 aliphatic carbocycles. The highest BCUT2D eigenvalue weighted by Gasteiger charge is 2.50. The molecule has 2 fully saturated rings. The van der Waals surface area contributed by atoms with Crippen LogP contribution in [-0.2, 0) is 22.6 Å². The third kappa shape index (κ3) is 3.59. The number of methoxy groups -OCH3 is 1. The minimum absolute atomic E-state index is 0.0498. The summed E-state index contributed by atoms with van der Waals surface area (Å²) in [5.41, 5.74) is 2.12. The van der Waals surface area contributed by atoms with Gasteiger partial charge in [-0.05, 0) is 47.2 Å². The Bertz CT molecular complexity index is 1140. The average molecular weight is 415 g/mol. The smallest absolute Gasteiger partial charge is 0.247 e. The van der Waals surface area contributed by atoms with Crippen molar-refractivity contribution in [1.29, 1.82) is 0 Å². The van der Waals surface area contributed by atoms with E-state index in [1.165, 1.54) is 4.90 Å². The van der Waals surface area contributed by atoms with Gasteiger partial charge in [0.05, 0.1) is 25.6 Å². The Hall–Kier alpha value is -3.18. The quantitative estimate of drug-likeness (QED) is 0.647. The van der Waals surface area contributed by atoms with Crippen molar-refractivity contribution >= 4 is 22.6 Å². The van der Waals surface area contributed by atoms with Crippen molar-refractivity contribution < 1.29 is 14.3 Å². The maximum absolute atomic E-state index is 13.2. The maximum atomic E-state index is 13.2. The molecule has 5 rings (SSSR count). The molecular weight excluding hydrogens is 388 g/mol. The maximum Gasteiger partial charge on any atom is 0.247 e. The van der Waals surface area contributed by atoms with Crippen LogP contribution in [0.3, 0.4) is 0 Å². The van der Waals surface area contributed by atoms with Crippen molar-refractivity contribution in [2.24, 2.45) is 5.92 Å². The summed E-state index contributed by atoms with van der Waals surface area (Å²) >= 11 is 0. The number of imide groups is 1. The first-order valence-corrected chi connectivity index (χ1v) is 10.9. The first-order chi connectivity index (χ1) is 15.2. The second-order valence-electron chi connectivity index (χ2n) is 8.44. The predicted octanol–water partition coefficient (Wildman–Crippen LogP) is 3.70. The summed E-state index contributed by atoms with van der Waals surface area (Å²) in [5.74, 6) is 0.438. The largest absolute Gasteiger partial charge is 0.496 e. The van der Waals surface area contributed by atoms with E-state index in [4.69, 9.17) is 4.74 Å². The molecule has 3 aromatic carbocycles. The molecule has 2 amide bonds. The molecule has 0 radical (unpaired) electrons. The molecule has 0 unspecified atom stereocenters. The molecule has 1 N–H and O–H groups in total. The van der Waals surface area contributed by atoms with Gasteiger partial charge < -0.3 is 10.1 Å². The lowest BCUT2D eigenvalue weighted by atomic mass is 9.87. The van der Waals surface area contributed by atoms with Gasteiger partial charge in [-0.1, -0.05) is 60.7 Å². The molecular formula is C26H26N2O3. The number of nitrogens with zero attached hydrogens (tertiary/aromatic N) is 1. The highest BCUT2D eigenvalue weighted by molar-refractivity contribution is 6.07. The van der Waals surface area contributed by atoms with Gasteiger partial charge in [0.25, 0.3) is 0 Å². The van der Waals surface area contributed by atoms with E-state index in [2.05, 4.69) is 23.5 Å².